The second-order valence-corrected chi connectivity index (χ2v) is 5.66. The van der Waals surface area contributed by atoms with Crippen molar-refractivity contribution in [3.8, 4) is 0 Å². The van der Waals surface area contributed by atoms with Crippen molar-refractivity contribution < 1.29 is 4.79 Å². The molecule has 1 amide bonds. The number of amides is 1. The molecule has 0 aromatic heterocycles. The standard InChI is InChI=1S/C17H26N2O/c1-4-15(5-2)17(20)19-11-9-18(10-12-19)16-8-6-7-14(3)13-16/h6-8,13,15H,4-5,9-12H2,1-3H3. The van der Waals surface area contributed by atoms with Crippen LogP contribution in [0.1, 0.15) is 32.3 Å². The van der Waals surface area contributed by atoms with Gasteiger partial charge in [0.15, 0.2) is 0 Å². The number of carbonyl (C=O) groups excluding carboxylic acids is 1. The monoisotopic (exact) mass is 274 g/mol. The van der Waals surface area contributed by atoms with Crippen molar-refractivity contribution in [3.05, 3.63) is 29.8 Å². The molecule has 1 aromatic carbocycles. The van der Waals surface area contributed by atoms with E-state index in [1.807, 2.05) is 4.90 Å². The minimum absolute atomic E-state index is 0.209. The van der Waals surface area contributed by atoms with Crippen molar-refractivity contribution in [2.24, 2.45) is 5.92 Å². The molecule has 0 bridgehead atoms. The molecule has 1 aliphatic rings. The Labute approximate surface area is 122 Å². The fourth-order valence-electron chi connectivity index (χ4n) is 2.91. The van der Waals surface area contributed by atoms with Crippen LogP contribution >= 0.6 is 0 Å². The van der Waals surface area contributed by atoms with Crippen LogP contribution in [0.15, 0.2) is 24.3 Å². The van der Waals surface area contributed by atoms with Gasteiger partial charge in [-0.25, -0.2) is 0 Å². The normalized spacial score (nSPS) is 15.8. The Hall–Kier alpha value is -1.51. The van der Waals surface area contributed by atoms with Crippen LogP contribution in [-0.2, 0) is 4.79 Å². The van der Waals surface area contributed by atoms with Crippen LogP contribution in [0.5, 0.6) is 0 Å². The molecule has 1 heterocycles. The molecule has 3 nitrogen and oxygen atoms in total. The summed E-state index contributed by atoms with van der Waals surface area (Å²) in [5.74, 6) is 0.555. The first-order valence-electron chi connectivity index (χ1n) is 7.76. The lowest BCUT2D eigenvalue weighted by molar-refractivity contribution is -0.136. The van der Waals surface area contributed by atoms with Gasteiger partial charge in [-0.1, -0.05) is 26.0 Å². The molecular formula is C17H26N2O. The molecule has 0 N–H and O–H groups in total. The zero-order valence-electron chi connectivity index (χ0n) is 12.9. The van der Waals surface area contributed by atoms with Gasteiger partial charge in [0, 0.05) is 37.8 Å². The fraction of sp³-hybridized carbons (Fsp3) is 0.588. The number of nitrogens with zero attached hydrogens (tertiary/aromatic N) is 2. The summed E-state index contributed by atoms with van der Waals surface area (Å²) in [7, 11) is 0. The summed E-state index contributed by atoms with van der Waals surface area (Å²) in [4.78, 5) is 16.8. The first-order chi connectivity index (χ1) is 9.65. The summed E-state index contributed by atoms with van der Waals surface area (Å²) in [6.45, 7) is 9.91. The minimum atomic E-state index is 0.209. The molecule has 1 fully saturated rings. The third-order valence-electron chi connectivity index (χ3n) is 4.29. The van der Waals surface area contributed by atoms with E-state index in [-0.39, 0.29) is 5.92 Å². The zero-order chi connectivity index (χ0) is 14.5. The van der Waals surface area contributed by atoms with Gasteiger partial charge in [-0.15, -0.1) is 0 Å². The molecule has 1 aliphatic heterocycles. The molecule has 2 rings (SSSR count). The van der Waals surface area contributed by atoms with Crippen molar-refractivity contribution in [3.63, 3.8) is 0 Å². The maximum absolute atomic E-state index is 12.4. The Bertz CT molecular complexity index is 446. The van der Waals surface area contributed by atoms with Gasteiger partial charge in [0.05, 0.1) is 0 Å². The molecule has 0 unspecified atom stereocenters. The van der Waals surface area contributed by atoms with Gasteiger partial charge in [0.2, 0.25) is 5.91 Å². The highest BCUT2D eigenvalue weighted by Crippen LogP contribution is 2.19. The van der Waals surface area contributed by atoms with E-state index in [0.29, 0.717) is 5.91 Å². The van der Waals surface area contributed by atoms with Crippen LogP contribution in [0.4, 0.5) is 5.69 Å². The van der Waals surface area contributed by atoms with E-state index in [1.165, 1.54) is 11.3 Å². The SMILES string of the molecule is CCC(CC)C(=O)N1CCN(c2cccc(C)c2)CC1. The van der Waals surface area contributed by atoms with Gasteiger partial charge in [-0.2, -0.15) is 0 Å². The first kappa shape index (κ1) is 14.9. The van der Waals surface area contributed by atoms with E-state index in [4.69, 9.17) is 0 Å². The van der Waals surface area contributed by atoms with Crippen molar-refractivity contribution in [1.82, 2.24) is 4.90 Å². The van der Waals surface area contributed by atoms with Crippen LogP contribution in [0.2, 0.25) is 0 Å². The molecule has 110 valence electrons. The lowest BCUT2D eigenvalue weighted by Crippen LogP contribution is -2.50. The molecule has 1 saturated heterocycles. The van der Waals surface area contributed by atoms with Gasteiger partial charge in [-0.05, 0) is 37.5 Å². The highest BCUT2D eigenvalue weighted by molar-refractivity contribution is 5.79. The molecule has 0 spiro atoms. The van der Waals surface area contributed by atoms with Crippen molar-refractivity contribution in [1.29, 1.82) is 0 Å². The highest BCUT2D eigenvalue weighted by atomic mass is 16.2. The quantitative estimate of drug-likeness (QED) is 0.842. The number of piperazine rings is 1. The Morgan fingerprint density at radius 1 is 1.15 bits per heavy atom. The predicted molar refractivity (Wildman–Crippen MR) is 84.0 cm³/mol. The number of hydrogen-bond acceptors (Lipinski definition) is 2. The van der Waals surface area contributed by atoms with Crippen molar-refractivity contribution >= 4 is 11.6 Å². The average Bonchev–Trinajstić information content (AvgIpc) is 2.48. The molecule has 1 aromatic rings. The Kier molecular flexibility index (Phi) is 5.05. The van der Waals surface area contributed by atoms with E-state index in [0.717, 1.165) is 39.0 Å². The number of benzene rings is 1. The van der Waals surface area contributed by atoms with E-state index in [9.17, 15) is 4.79 Å². The Balaban J connectivity index is 1.94. The zero-order valence-corrected chi connectivity index (χ0v) is 12.9. The van der Waals surface area contributed by atoms with Crippen LogP contribution < -0.4 is 4.90 Å². The number of rotatable bonds is 4. The average molecular weight is 274 g/mol. The summed E-state index contributed by atoms with van der Waals surface area (Å²) in [6, 6.07) is 8.60. The number of hydrogen-bond donors (Lipinski definition) is 0. The number of anilines is 1. The highest BCUT2D eigenvalue weighted by Gasteiger charge is 2.25. The lowest BCUT2D eigenvalue weighted by Gasteiger charge is -2.37. The van der Waals surface area contributed by atoms with Crippen molar-refractivity contribution in [2.75, 3.05) is 31.1 Å². The van der Waals surface area contributed by atoms with Crippen LogP contribution in [0.3, 0.4) is 0 Å². The minimum Gasteiger partial charge on any atom is -0.368 e. The predicted octanol–water partition coefficient (Wildman–Crippen LogP) is 3.08. The molecule has 0 saturated carbocycles. The van der Waals surface area contributed by atoms with Gasteiger partial charge < -0.3 is 9.80 Å². The van der Waals surface area contributed by atoms with Crippen LogP contribution in [0, 0.1) is 12.8 Å². The third-order valence-corrected chi connectivity index (χ3v) is 4.29. The van der Waals surface area contributed by atoms with Crippen LogP contribution in [0.25, 0.3) is 0 Å². The van der Waals surface area contributed by atoms with Gasteiger partial charge >= 0.3 is 0 Å². The maximum Gasteiger partial charge on any atom is 0.225 e. The summed E-state index contributed by atoms with van der Waals surface area (Å²) in [6.07, 6.45) is 1.90. The third kappa shape index (κ3) is 3.33. The molecule has 3 heteroatoms. The van der Waals surface area contributed by atoms with Gasteiger partial charge in [-0.3, -0.25) is 4.79 Å². The summed E-state index contributed by atoms with van der Waals surface area (Å²) >= 11 is 0. The summed E-state index contributed by atoms with van der Waals surface area (Å²) in [5.41, 5.74) is 2.57. The number of carbonyl (C=O) groups is 1. The second kappa shape index (κ2) is 6.78. The largest absolute Gasteiger partial charge is 0.368 e. The van der Waals surface area contributed by atoms with E-state index >= 15 is 0 Å². The smallest absolute Gasteiger partial charge is 0.225 e. The van der Waals surface area contributed by atoms with Gasteiger partial charge in [0.25, 0.3) is 0 Å². The van der Waals surface area contributed by atoms with E-state index in [2.05, 4.69) is 49.9 Å². The fourth-order valence-corrected chi connectivity index (χ4v) is 2.91. The lowest BCUT2D eigenvalue weighted by atomic mass is 10.0. The maximum atomic E-state index is 12.4. The molecule has 0 aliphatic carbocycles. The molecule has 0 atom stereocenters. The summed E-state index contributed by atoms with van der Waals surface area (Å²) in [5, 5.41) is 0. The molecule has 0 radical (unpaired) electrons. The second-order valence-electron chi connectivity index (χ2n) is 5.66. The number of aryl methyl sites for hydroxylation is 1. The van der Waals surface area contributed by atoms with Crippen LogP contribution in [-0.4, -0.2) is 37.0 Å². The van der Waals surface area contributed by atoms with E-state index in [1.54, 1.807) is 0 Å². The Morgan fingerprint density at radius 2 is 1.80 bits per heavy atom. The van der Waals surface area contributed by atoms with Crippen molar-refractivity contribution in [2.45, 2.75) is 33.6 Å². The molecule has 20 heavy (non-hydrogen) atoms. The first-order valence-corrected chi connectivity index (χ1v) is 7.76. The molecular weight excluding hydrogens is 248 g/mol. The van der Waals surface area contributed by atoms with E-state index < -0.39 is 0 Å². The topological polar surface area (TPSA) is 23.6 Å². The summed E-state index contributed by atoms with van der Waals surface area (Å²) < 4.78 is 0. The Morgan fingerprint density at radius 3 is 2.35 bits per heavy atom. The van der Waals surface area contributed by atoms with Gasteiger partial charge in [0.1, 0.15) is 0 Å².